The van der Waals surface area contributed by atoms with Crippen LogP contribution in [-0.2, 0) is 15.7 Å². The van der Waals surface area contributed by atoms with Crippen molar-refractivity contribution in [2.24, 2.45) is 5.92 Å². The predicted octanol–water partition coefficient (Wildman–Crippen LogP) is 0.929. The molecule has 27 heavy (non-hydrogen) atoms. The first-order valence-electron chi connectivity index (χ1n) is 8.76. The number of carbonyl (C=O) groups excluding carboxylic acids is 1. The van der Waals surface area contributed by atoms with Gasteiger partial charge in [0.05, 0.1) is 30.3 Å². The smallest absolute Gasteiger partial charge is 0.395 e. The van der Waals surface area contributed by atoms with E-state index in [9.17, 15) is 23.1 Å². The number of rotatable bonds is 5. The summed E-state index contributed by atoms with van der Waals surface area (Å²) in [5.41, 5.74) is 3.03. The summed E-state index contributed by atoms with van der Waals surface area (Å²) in [5, 5.41) is 17.3. The van der Waals surface area contributed by atoms with E-state index < -0.39 is 36.2 Å². The lowest BCUT2D eigenvalue weighted by molar-refractivity contribution is -0.141. The maximum atomic E-state index is 12.8. The summed E-state index contributed by atoms with van der Waals surface area (Å²) in [6.07, 6.45) is -5.55. The second kappa shape index (κ2) is 7.72. The number of aliphatic hydroxyl groups excluding tert-OH is 1. The quantitative estimate of drug-likeness (QED) is 0.601. The first kappa shape index (κ1) is 20.0. The summed E-state index contributed by atoms with van der Waals surface area (Å²) < 4.78 is 43.8. The van der Waals surface area contributed by atoms with Gasteiger partial charge in [-0.05, 0) is 31.5 Å². The molecule has 7 nitrogen and oxygen atoms in total. The molecule has 2 saturated heterocycles. The standard InChI is InChI=1S/C17H23F3N4O3/c1-3-27-16-21-14-13(15(26)22-16)12(8-25)23-24(14)9(2)10-4-6-11(7-5-10)17(18,19)20/h4-7,9,12-14,16,21,23,25H,3,8H2,1-2H3,(H,22,26)/t9-,12?,13?,14?,16?/m0/s1. The Morgan fingerprint density at radius 3 is 2.52 bits per heavy atom. The van der Waals surface area contributed by atoms with Gasteiger partial charge in [0, 0.05) is 12.6 Å². The summed E-state index contributed by atoms with van der Waals surface area (Å²) in [6, 6.07) is 4.04. The van der Waals surface area contributed by atoms with Crippen LogP contribution in [-0.4, -0.2) is 47.8 Å². The van der Waals surface area contributed by atoms with Crippen molar-refractivity contribution < 1.29 is 27.8 Å². The average molecular weight is 388 g/mol. The number of benzene rings is 1. The summed E-state index contributed by atoms with van der Waals surface area (Å²) in [6.45, 7) is 3.74. The molecule has 0 bridgehead atoms. The molecule has 0 aromatic heterocycles. The van der Waals surface area contributed by atoms with Crippen molar-refractivity contribution >= 4 is 5.91 Å². The Balaban J connectivity index is 1.82. The van der Waals surface area contributed by atoms with Gasteiger partial charge in [-0.2, -0.15) is 13.2 Å². The molecule has 2 aliphatic heterocycles. The van der Waals surface area contributed by atoms with E-state index in [2.05, 4.69) is 16.1 Å². The number of hydrogen-bond acceptors (Lipinski definition) is 6. The fraction of sp³-hybridized carbons (Fsp3) is 0.588. The number of nitrogens with zero attached hydrogens (tertiary/aromatic N) is 1. The fourth-order valence-electron chi connectivity index (χ4n) is 3.55. The van der Waals surface area contributed by atoms with E-state index in [1.807, 2.05) is 6.92 Å². The number of fused-ring (bicyclic) bond motifs is 1. The minimum atomic E-state index is -4.39. The number of hydrogen-bond donors (Lipinski definition) is 4. The number of halogens is 3. The first-order valence-corrected chi connectivity index (χ1v) is 8.76. The number of carbonyl (C=O) groups is 1. The summed E-state index contributed by atoms with van der Waals surface area (Å²) >= 11 is 0. The van der Waals surface area contributed by atoms with E-state index in [0.29, 0.717) is 12.2 Å². The minimum Gasteiger partial charge on any atom is -0.395 e. The lowest BCUT2D eigenvalue weighted by atomic mass is 9.96. The van der Waals surface area contributed by atoms with Crippen LogP contribution >= 0.6 is 0 Å². The van der Waals surface area contributed by atoms with Crippen molar-refractivity contribution in [1.82, 2.24) is 21.1 Å². The molecule has 5 atom stereocenters. The molecular weight excluding hydrogens is 365 g/mol. The van der Waals surface area contributed by atoms with Gasteiger partial charge in [0.2, 0.25) is 5.91 Å². The van der Waals surface area contributed by atoms with Crippen molar-refractivity contribution in [1.29, 1.82) is 0 Å². The van der Waals surface area contributed by atoms with E-state index >= 15 is 0 Å². The normalized spacial score (nSPS) is 30.1. The van der Waals surface area contributed by atoms with Gasteiger partial charge in [0.25, 0.3) is 0 Å². The Morgan fingerprint density at radius 2 is 1.96 bits per heavy atom. The Bertz CT molecular complexity index is 670. The third-order valence-electron chi connectivity index (χ3n) is 4.95. The molecule has 3 rings (SSSR count). The molecule has 0 radical (unpaired) electrons. The molecule has 150 valence electrons. The van der Waals surface area contributed by atoms with E-state index in [1.165, 1.54) is 12.1 Å². The van der Waals surface area contributed by atoms with Gasteiger partial charge in [-0.3, -0.25) is 10.1 Å². The zero-order valence-electron chi connectivity index (χ0n) is 15.0. The van der Waals surface area contributed by atoms with Gasteiger partial charge in [0.1, 0.15) is 0 Å². The van der Waals surface area contributed by atoms with Crippen LogP contribution in [0.2, 0.25) is 0 Å². The second-order valence-electron chi connectivity index (χ2n) is 6.60. The van der Waals surface area contributed by atoms with Gasteiger partial charge < -0.3 is 15.2 Å². The molecular formula is C17H23F3N4O3. The second-order valence-corrected chi connectivity index (χ2v) is 6.60. The maximum absolute atomic E-state index is 12.8. The summed E-state index contributed by atoms with van der Waals surface area (Å²) in [5.74, 6) is -0.825. The predicted molar refractivity (Wildman–Crippen MR) is 89.7 cm³/mol. The zero-order valence-corrected chi connectivity index (χ0v) is 15.0. The molecule has 1 amide bonds. The van der Waals surface area contributed by atoms with Crippen LogP contribution in [0.5, 0.6) is 0 Å². The molecule has 4 unspecified atom stereocenters. The van der Waals surface area contributed by atoms with Crippen LogP contribution in [0.25, 0.3) is 0 Å². The van der Waals surface area contributed by atoms with Crippen LogP contribution in [0.1, 0.15) is 31.0 Å². The Hall–Kier alpha value is -1.72. The fourth-order valence-corrected chi connectivity index (χ4v) is 3.55. The van der Waals surface area contributed by atoms with Gasteiger partial charge in [-0.1, -0.05) is 12.1 Å². The van der Waals surface area contributed by atoms with Gasteiger partial charge in [-0.15, -0.1) is 0 Å². The summed E-state index contributed by atoms with van der Waals surface area (Å²) in [7, 11) is 0. The number of ether oxygens (including phenoxy) is 1. The van der Waals surface area contributed by atoms with Crippen molar-refractivity contribution in [3.63, 3.8) is 0 Å². The molecule has 0 saturated carbocycles. The lowest BCUT2D eigenvalue weighted by Crippen LogP contribution is -2.65. The summed E-state index contributed by atoms with van der Waals surface area (Å²) in [4.78, 5) is 12.5. The van der Waals surface area contributed by atoms with Crippen LogP contribution in [0.3, 0.4) is 0 Å². The van der Waals surface area contributed by atoms with E-state index in [-0.39, 0.29) is 18.6 Å². The molecule has 0 spiro atoms. The van der Waals surface area contributed by atoms with Crippen LogP contribution < -0.4 is 16.1 Å². The Kier molecular flexibility index (Phi) is 5.73. The zero-order chi connectivity index (χ0) is 19.8. The third-order valence-corrected chi connectivity index (χ3v) is 4.95. The topological polar surface area (TPSA) is 85.9 Å². The van der Waals surface area contributed by atoms with Crippen LogP contribution in [0.4, 0.5) is 13.2 Å². The van der Waals surface area contributed by atoms with Crippen molar-refractivity contribution in [2.45, 2.75) is 44.6 Å². The van der Waals surface area contributed by atoms with Crippen LogP contribution in [0, 0.1) is 5.92 Å². The average Bonchev–Trinajstić information content (AvgIpc) is 3.00. The highest BCUT2D eigenvalue weighted by Crippen LogP contribution is 2.34. The number of aliphatic hydroxyl groups is 1. The monoisotopic (exact) mass is 388 g/mol. The van der Waals surface area contributed by atoms with E-state index in [0.717, 1.165) is 12.1 Å². The highest BCUT2D eigenvalue weighted by molar-refractivity contribution is 5.81. The minimum absolute atomic E-state index is 0.258. The highest BCUT2D eigenvalue weighted by Gasteiger charge is 2.51. The van der Waals surface area contributed by atoms with Crippen LogP contribution in [0.15, 0.2) is 24.3 Å². The number of amides is 1. The molecule has 1 aromatic carbocycles. The molecule has 2 fully saturated rings. The Labute approximate surface area is 154 Å². The largest absolute Gasteiger partial charge is 0.416 e. The van der Waals surface area contributed by atoms with E-state index in [4.69, 9.17) is 4.74 Å². The number of hydrazine groups is 1. The molecule has 4 N–H and O–H groups in total. The Morgan fingerprint density at radius 1 is 1.30 bits per heavy atom. The number of alkyl halides is 3. The maximum Gasteiger partial charge on any atom is 0.416 e. The SMILES string of the molecule is CCOC1NC(=O)C2C(CO)NN([C@@H](C)c3ccc(C(F)(F)F)cc3)C2N1. The highest BCUT2D eigenvalue weighted by atomic mass is 19.4. The first-order chi connectivity index (χ1) is 12.8. The van der Waals surface area contributed by atoms with Crippen molar-refractivity contribution in [2.75, 3.05) is 13.2 Å². The molecule has 2 aliphatic rings. The molecule has 1 aromatic rings. The molecule has 2 heterocycles. The third kappa shape index (κ3) is 3.94. The van der Waals surface area contributed by atoms with Gasteiger partial charge >= 0.3 is 6.18 Å². The van der Waals surface area contributed by atoms with Gasteiger partial charge in [-0.25, -0.2) is 10.4 Å². The van der Waals surface area contributed by atoms with Crippen molar-refractivity contribution in [3.05, 3.63) is 35.4 Å². The van der Waals surface area contributed by atoms with Gasteiger partial charge in [0.15, 0.2) is 6.35 Å². The lowest BCUT2D eigenvalue weighted by Gasteiger charge is -2.38. The molecule has 0 aliphatic carbocycles. The molecule has 10 heteroatoms. The number of nitrogens with one attached hydrogen (secondary N) is 3. The van der Waals surface area contributed by atoms with Crippen molar-refractivity contribution in [3.8, 4) is 0 Å². The van der Waals surface area contributed by atoms with E-state index in [1.54, 1.807) is 11.9 Å².